The molecule has 0 unspecified atom stereocenters. The molecule has 2 N–H and O–H groups in total. The lowest BCUT2D eigenvalue weighted by molar-refractivity contribution is -0.137. The van der Waals surface area contributed by atoms with Crippen LogP contribution in [0.15, 0.2) is 65.3 Å². The van der Waals surface area contributed by atoms with E-state index in [0.717, 1.165) is 12.1 Å². The van der Waals surface area contributed by atoms with Crippen molar-refractivity contribution in [2.45, 2.75) is 12.8 Å². The molecule has 3 aromatic rings. The van der Waals surface area contributed by atoms with Crippen LogP contribution in [-0.2, 0) is 22.3 Å². The molecule has 1 heterocycles. The number of furan rings is 1. The standard InChI is InChI=1S/C21H16ClF3N2O4/c22-16-5-2-1-4-13(16)11-30-12-19(28)27-17-8-7-14(10-15(17)21(23,24)25)26-20(29)18-6-3-9-31-18/h1-10H,11-12H2,(H,26,29)(H,27,28). The minimum absolute atomic E-state index is 0.0248. The van der Waals surface area contributed by atoms with Crippen LogP contribution in [0.2, 0.25) is 5.02 Å². The predicted molar refractivity (Wildman–Crippen MR) is 108 cm³/mol. The van der Waals surface area contributed by atoms with Gasteiger partial charge in [0.1, 0.15) is 6.61 Å². The van der Waals surface area contributed by atoms with Gasteiger partial charge in [0.25, 0.3) is 5.91 Å². The maximum atomic E-state index is 13.5. The highest BCUT2D eigenvalue weighted by Gasteiger charge is 2.34. The summed E-state index contributed by atoms with van der Waals surface area (Å²) < 4.78 is 50.6. The molecule has 0 radical (unpaired) electrons. The number of hydrogen-bond acceptors (Lipinski definition) is 4. The maximum Gasteiger partial charge on any atom is 0.418 e. The van der Waals surface area contributed by atoms with Crippen molar-refractivity contribution in [2.75, 3.05) is 17.2 Å². The van der Waals surface area contributed by atoms with Gasteiger partial charge in [-0.25, -0.2) is 0 Å². The largest absolute Gasteiger partial charge is 0.459 e. The van der Waals surface area contributed by atoms with E-state index in [2.05, 4.69) is 10.6 Å². The second kappa shape index (κ2) is 9.67. The SMILES string of the molecule is O=C(COCc1ccccc1Cl)Nc1ccc(NC(=O)c2ccco2)cc1C(F)(F)F. The molecule has 10 heteroatoms. The highest BCUT2D eigenvalue weighted by molar-refractivity contribution is 6.31. The Morgan fingerprint density at radius 1 is 1.03 bits per heavy atom. The lowest BCUT2D eigenvalue weighted by atomic mass is 10.1. The number of rotatable bonds is 7. The number of ether oxygens (including phenoxy) is 1. The number of hydrogen-bond donors (Lipinski definition) is 2. The Morgan fingerprint density at radius 3 is 2.48 bits per heavy atom. The molecule has 0 aliphatic rings. The van der Waals surface area contributed by atoms with Gasteiger partial charge < -0.3 is 19.8 Å². The summed E-state index contributed by atoms with van der Waals surface area (Å²) in [7, 11) is 0. The minimum Gasteiger partial charge on any atom is -0.459 e. The van der Waals surface area contributed by atoms with Crippen LogP contribution in [0, 0.1) is 0 Å². The highest BCUT2D eigenvalue weighted by atomic mass is 35.5. The fourth-order valence-electron chi connectivity index (χ4n) is 2.62. The zero-order chi connectivity index (χ0) is 22.4. The zero-order valence-electron chi connectivity index (χ0n) is 15.8. The van der Waals surface area contributed by atoms with Gasteiger partial charge in [-0.1, -0.05) is 29.8 Å². The van der Waals surface area contributed by atoms with Crippen LogP contribution in [0.1, 0.15) is 21.7 Å². The molecular weight excluding hydrogens is 437 g/mol. The average molecular weight is 453 g/mol. The van der Waals surface area contributed by atoms with Gasteiger partial charge in [-0.3, -0.25) is 9.59 Å². The normalized spacial score (nSPS) is 11.2. The van der Waals surface area contributed by atoms with Crippen molar-refractivity contribution in [3.8, 4) is 0 Å². The Kier molecular flexibility index (Phi) is 6.98. The molecule has 0 fully saturated rings. The van der Waals surface area contributed by atoms with Crippen LogP contribution < -0.4 is 10.6 Å². The van der Waals surface area contributed by atoms with Crippen molar-refractivity contribution in [3.05, 3.63) is 82.8 Å². The van der Waals surface area contributed by atoms with Crippen molar-refractivity contribution >= 4 is 34.8 Å². The van der Waals surface area contributed by atoms with E-state index in [1.54, 1.807) is 24.3 Å². The Labute approximate surface area is 180 Å². The maximum absolute atomic E-state index is 13.5. The molecule has 0 saturated heterocycles. The Bertz CT molecular complexity index is 1070. The molecule has 162 valence electrons. The van der Waals surface area contributed by atoms with Gasteiger partial charge in [-0.15, -0.1) is 0 Å². The monoisotopic (exact) mass is 452 g/mol. The summed E-state index contributed by atoms with van der Waals surface area (Å²) >= 11 is 5.98. The van der Waals surface area contributed by atoms with E-state index in [9.17, 15) is 22.8 Å². The minimum atomic E-state index is -4.77. The summed E-state index contributed by atoms with van der Waals surface area (Å²) in [5, 5.41) is 4.94. The second-order valence-corrected chi connectivity index (χ2v) is 6.73. The van der Waals surface area contributed by atoms with Crippen LogP contribution >= 0.6 is 11.6 Å². The molecule has 0 aliphatic carbocycles. The lowest BCUT2D eigenvalue weighted by Crippen LogP contribution is -2.21. The first kappa shape index (κ1) is 22.4. The number of anilines is 2. The molecule has 0 bridgehead atoms. The van der Waals surface area contributed by atoms with Crippen molar-refractivity contribution < 1.29 is 31.9 Å². The van der Waals surface area contributed by atoms with Crippen LogP contribution in [0.3, 0.4) is 0 Å². The molecule has 3 rings (SSSR count). The molecule has 0 atom stereocenters. The van der Waals surface area contributed by atoms with Gasteiger partial charge in [0.15, 0.2) is 5.76 Å². The smallest absolute Gasteiger partial charge is 0.418 e. The van der Waals surface area contributed by atoms with Crippen LogP contribution in [0.4, 0.5) is 24.5 Å². The van der Waals surface area contributed by atoms with E-state index in [-0.39, 0.29) is 18.1 Å². The van der Waals surface area contributed by atoms with Gasteiger partial charge in [0.05, 0.1) is 24.1 Å². The zero-order valence-corrected chi connectivity index (χ0v) is 16.6. The molecule has 0 aliphatic heterocycles. The van der Waals surface area contributed by atoms with Crippen molar-refractivity contribution in [1.29, 1.82) is 0 Å². The van der Waals surface area contributed by atoms with Crippen molar-refractivity contribution in [3.63, 3.8) is 0 Å². The first-order valence-corrected chi connectivity index (χ1v) is 9.29. The number of halogens is 4. The predicted octanol–water partition coefficient (Wildman–Crippen LogP) is 5.36. The molecule has 2 amide bonds. The van der Waals surface area contributed by atoms with E-state index in [1.807, 2.05) is 0 Å². The molecular formula is C21H16ClF3N2O4. The van der Waals surface area contributed by atoms with Crippen LogP contribution in [0.5, 0.6) is 0 Å². The molecule has 0 spiro atoms. The number of amides is 2. The van der Waals surface area contributed by atoms with Gasteiger partial charge in [0.2, 0.25) is 5.91 Å². The van der Waals surface area contributed by atoms with Crippen molar-refractivity contribution in [1.82, 2.24) is 0 Å². The number of carbonyl (C=O) groups is 2. The van der Waals surface area contributed by atoms with Gasteiger partial charge >= 0.3 is 6.18 Å². The highest BCUT2D eigenvalue weighted by Crippen LogP contribution is 2.36. The van der Waals surface area contributed by atoms with E-state index >= 15 is 0 Å². The number of benzene rings is 2. The quantitative estimate of drug-likeness (QED) is 0.505. The van der Waals surface area contributed by atoms with E-state index in [0.29, 0.717) is 10.6 Å². The Balaban J connectivity index is 1.66. The third kappa shape index (κ3) is 6.09. The molecule has 31 heavy (non-hydrogen) atoms. The summed E-state index contributed by atoms with van der Waals surface area (Å²) in [6, 6.07) is 12.7. The van der Waals surface area contributed by atoms with Gasteiger partial charge in [0, 0.05) is 10.7 Å². The van der Waals surface area contributed by atoms with Crippen LogP contribution in [-0.4, -0.2) is 18.4 Å². The number of alkyl halides is 3. The molecule has 0 saturated carbocycles. The van der Waals surface area contributed by atoms with Gasteiger partial charge in [-0.2, -0.15) is 13.2 Å². The summed E-state index contributed by atoms with van der Waals surface area (Å²) in [6.45, 7) is -0.448. The first-order valence-electron chi connectivity index (χ1n) is 8.91. The third-order valence-corrected chi connectivity index (χ3v) is 4.42. The summed E-state index contributed by atoms with van der Waals surface area (Å²) in [5.74, 6) is -1.53. The topological polar surface area (TPSA) is 80.6 Å². The van der Waals surface area contributed by atoms with E-state index in [1.165, 1.54) is 24.5 Å². The Hall–Kier alpha value is -3.30. The second-order valence-electron chi connectivity index (χ2n) is 6.32. The molecule has 6 nitrogen and oxygen atoms in total. The van der Waals surface area contributed by atoms with Gasteiger partial charge in [-0.05, 0) is 42.0 Å². The van der Waals surface area contributed by atoms with Crippen LogP contribution in [0.25, 0.3) is 0 Å². The first-order chi connectivity index (χ1) is 14.7. The molecule has 1 aromatic heterocycles. The average Bonchev–Trinajstić information content (AvgIpc) is 3.25. The number of carbonyl (C=O) groups excluding carboxylic acids is 2. The molecule has 2 aromatic carbocycles. The lowest BCUT2D eigenvalue weighted by Gasteiger charge is -2.16. The Morgan fingerprint density at radius 2 is 1.81 bits per heavy atom. The van der Waals surface area contributed by atoms with Crippen molar-refractivity contribution in [2.24, 2.45) is 0 Å². The fourth-order valence-corrected chi connectivity index (χ4v) is 2.81. The van der Waals surface area contributed by atoms with E-state index in [4.69, 9.17) is 20.8 Å². The van der Waals surface area contributed by atoms with E-state index < -0.39 is 35.8 Å². The fraction of sp³-hybridized carbons (Fsp3) is 0.143. The summed E-state index contributed by atoms with van der Waals surface area (Å²) in [6.07, 6.45) is -3.51. The summed E-state index contributed by atoms with van der Waals surface area (Å²) in [4.78, 5) is 24.0. The number of nitrogens with one attached hydrogen (secondary N) is 2. The third-order valence-electron chi connectivity index (χ3n) is 4.05. The summed E-state index contributed by atoms with van der Waals surface area (Å²) in [5.41, 5.74) is -1.05.